The van der Waals surface area contributed by atoms with Gasteiger partial charge in [0.2, 0.25) is 11.5 Å². The third kappa shape index (κ3) is 7.82. The van der Waals surface area contributed by atoms with Gasteiger partial charge in [-0.05, 0) is 61.4 Å². The van der Waals surface area contributed by atoms with Gasteiger partial charge < -0.3 is 18.9 Å². The van der Waals surface area contributed by atoms with Crippen LogP contribution in [0.25, 0.3) is 6.08 Å². The van der Waals surface area contributed by atoms with Gasteiger partial charge in [-0.1, -0.05) is 58.9 Å². The third-order valence-electron chi connectivity index (χ3n) is 5.03. The molecule has 0 spiro atoms. The first-order valence-corrected chi connectivity index (χ1v) is 12.6. The molecular formula is C29H40O5. The number of allylic oxidation sites excluding steroid dienone is 1. The van der Waals surface area contributed by atoms with Crippen molar-refractivity contribution in [1.82, 2.24) is 0 Å². The summed E-state index contributed by atoms with van der Waals surface area (Å²) in [4.78, 5) is 13.8. The minimum Gasteiger partial charge on any atom is -0.490 e. The minimum atomic E-state index is -0.232. The summed E-state index contributed by atoms with van der Waals surface area (Å²) in [5.74, 6) is 1.55. The number of carbonyl (C=O) groups is 1. The zero-order chi connectivity index (χ0) is 24.8. The van der Waals surface area contributed by atoms with Crippen molar-refractivity contribution >= 4 is 11.9 Å². The van der Waals surface area contributed by atoms with Crippen LogP contribution in [0.15, 0.2) is 42.2 Å². The standard InChI is InChI=1S/C29H40O5/c1-6-16-31-25-15-14-24(28(33-18-8-3)29(25)34-19-9-4)27(30)26(32-17-7-2)21-23-13-11-12-22(10-5)20-23/h11-15,20-21H,6-10,16-19H2,1-5H3. The lowest BCUT2D eigenvalue weighted by atomic mass is 10.0. The van der Waals surface area contributed by atoms with Gasteiger partial charge in [-0.2, -0.15) is 0 Å². The van der Waals surface area contributed by atoms with Gasteiger partial charge >= 0.3 is 0 Å². The average molecular weight is 469 g/mol. The first-order chi connectivity index (χ1) is 16.6. The maximum Gasteiger partial charge on any atom is 0.231 e. The van der Waals surface area contributed by atoms with Crippen LogP contribution in [0.4, 0.5) is 0 Å². The second-order valence-corrected chi connectivity index (χ2v) is 8.10. The minimum absolute atomic E-state index is 0.232. The number of ketones is 1. The van der Waals surface area contributed by atoms with Gasteiger partial charge in [0, 0.05) is 0 Å². The van der Waals surface area contributed by atoms with E-state index < -0.39 is 0 Å². The van der Waals surface area contributed by atoms with E-state index in [4.69, 9.17) is 18.9 Å². The Balaban J connectivity index is 2.57. The highest BCUT2D eigenvalue weighted by Crippen LogP contribution is 2.42. The number of ether oxygens (including phenoxy) is 4. The summed E-state index contributed by atoms with van der Waals surface area (Å²) in [5.41, 5.74) is 2.55. The molecule has 0 aliphatic heterocycles. The molecule has 0 N–H and O–H groups in total. The zero-order valence-electron chi connectivity index (χ0n) is 21.4. The number of aryl methyl sites for hydroxylation is 1. The maximum atomic E-state index is 13.8. The summed E-state index contributed by atoms with van der Waals surface area (Å²) < 4.78 is 24.0. The molecule has 0 aromatic heterocycles. The lowest BCUT2D eigenvalue weighted by molar-refractivity contribution is 0.0917. The van der Waals surface area contributed by atoms with Crippen molar-refractivity contribution in [1.29, 1.82) is 0 Å². The number of benzene rings is 2. The van der Waals surface area contributed by atoms with Crippen LogP contribution in [0.2, 0.25) is 0 Å². The highest BCUT2D eigenvalue weighted by molar-refractivity contribution is 6.12. The summed E-state index contributed by atoms with van der Waals surface area (Å²) in [5, 5.41) is 0. The van der Waals surface area contributed by atoms with Gasteiger partial charge in [0.05, 0.1) is 32.0 Å². The number of Topliss-reactive ketones (excluding diaryl/α,β-unsaturated/α-hetero) is 1. The second-order valence-electron chi connectivity index (χ2n) is 8.10. The quantitative estimate of drug-likeness (QED) is 0.147. The van der Waals surface area contributed by atoms with Crippen molar-refractivity contribution in [2.45, 2.75) is 66.7 Å². The smallest absolute Gasteiger partial charge is 0.231 e. The Morgan fingerprint density at radius 2 is 1.41 bits per heavy atom. The molecule has 2 rings (SSSR count). The Kier molecular flexibility index (Phi) is 12.1. The number of hydrogen-bond donors (Lipinski definition) is 0. The highest BCUT2D eigenvalue weighted by Gasteiger charge is 2.25. The Morgan fingerprint density at radius 1 is 0.765 bits per heavy atom. The van der Waals surface area contributed by atoms with Gasteiger partial charge in [-0.3, -0.25) is 4.79 Å². The van der Waals surface area contributed by atoms with E-state index in [1.165, 1.54) is 5.56 Å². The number of rotatable bonds is 16. The fourth-order valence-electron chi connectivity index (χ4n) is 3.31. The molecule has 0 fully saturated rings. The molecule has 0 atom stereocenters. The first-order valence-electron chi connectivity index (χ1n) is 12.6. The molecule has 2 aromatic carbocycles. The zero-order valence-corrected chi connectivity index (χ0v) is 21.4. The predicted molar refractivity (Wildman–Crippen MR) is 138 cm³/mol. The summed E-state index contributed by atoms with van der Waals surface area (Å²) in [6.07, 6.45) is 6.04. The summed E-state index contributed by atoms with van der Waals surface area (Å²) in [6, 6.07) is 11.7. The maximum absolute atomic E-state index is 13.8. The molecule has 5 nitrogen and oxygen atoms in total. The van der Waals surface area contributed by atoms with Gasteiger partial charge in [0.25, 0.3) is 0 Å². The van der Waals surface area contributed by atoms with Crippen molar-refractivity contribution in [2.24, 2.45) is 0 Å². The fourth-order valence-corrected chi connectivity index (χ4v) is 3.31. The van der Waals surface area contributed by atoms with Gasteiger partial charge in [-0.15, -0.1) is 0 Å². The predicted octanol–water partition coefficient (Wildman–Crippen LogP) is 7.27. The van der Waals surface area contributed by atoms with Crippen LogP contribution in [0.1, 0.15) is 81.8 Å². The van der Waals surface area contributed by atoms with E-state index in [9.17, 15) is 4.79 Å². The largest absolute Gasteiger partial charge is 0.490 e. The van der Waals surface area contributed by atoms with Crippen LogP contribution < -0.4 is 14.2 Å². The molecule has 0 amide bonds. The van der Waals surface area contributed by atoms with Crippen LogP contribution in [0, 0.1) is 0 Å². The van der Waals surface area contributed by atoms with E-state index >= 15 is 0 Å². The number of carbonyl (C=O) groups excluding carboxylic acids is 1. The van der Waals surface area contributed by atoms with E-state index in [-0.39, 0.29) is 5.78 Å². The Morgan fingerprint density at radius 3 is 2.06 bits per heavy atom. The average Bonchev–Trinajstić information content (AvgIpc) is 2.87. The van der Waals surface area contributed by atoms with E-state index in [2.05, 4.69) is 26.0 Å². The molecule has 5 heteroatoms. The Labute approximate surface area is 205 Å². The van der Waals surface area contributed by atoms with Crippen LogP contribution in [0.3, 0.4) is 0 Å². The van der Waals surface area contributed by atoms with Crippen molar-refractivity contribution in [2.75, 3.05) is 26.4 Å². The lowest BCUT2D eigenvalue weighted by Crippen LogP contribution is -2.13. The molecule has 2 aromatic rings. The van der Waals surface area contributed by atoms with Crippen LogP contribution >= 0.6 is 0 Å². The van der Waals surface area contributed by atoms with Crippen LogP contribution in [0.5, 0.6) is 17.2 Å². The van der Waals surface area contributed by atoms with Crippen molar-refractivity contribution < 1.29 is 23.7 Å². The van der Waals surface area contributed by atoms with E-state index in [1.807, 2.05) is 39.0 Å². The van der Waals surface area contributed by atoms with Gasteiger partial charge in [0.1, 0.15) is 0 Å². The molecule has 186 valence electrons. The molecule has 0 bridgehead atoms. The first kappa shape index (κ1) is 27.3. The van der Waals surface area contributed by atoms with Crippen molar-refractivity contribution in [3.05, 3.63) is 58.8 Å². The SMILES string of the molecule is CCCOC(=Cc1cccc(CC)c1)C(=O)c1ccc(OCCC)c(OCCC)c1OCCC. The van der Waals surface area contributed by atoms with Gasteiger partial charge in [-0.25, -0.2) is 0 Å². The fraction of sp³-hybridized carbons (Fsp3) is 0.483. The topological polar surface area (TPSA) is 54.0 Å². The Hall–Kier alpha value is -2.95. The molecule has 0 radical (unpaired) electrons. The van der Waals surface area contributed by atoms with Crippen molar-refractivity contribution in [3.63, 3.8) is 0 Å². The van der Waals surface area contributed by atoms with E-state index in [1.54, 1.807) is 12.1 Å². The number of hydrogen-bond acceptors (Lipinski definition) is 5. The molecule has 0 saturated heterocycles. The second kappa shape index (κ2) is 15.0. The van der Waals surface area contributed by atoms with E-state index in [0.29, 0.717) is 55.0 Å². The normalized spacial score (nSPS) is 11.3. The summed E-state index contributed by atoms with van der Waals surface area (Å²) in [6.45, 7) is 12.2. The highest BCUT2D eigenvalue weighted by atomic mass is 16.5. The van der Waals surface area contributed by atoms with Crippen molar-refractivity contribution in [3.8, 4) is 17.2 Å². The summed E-state index contributed by atoms with van der Waals surface area (Å²) >= 11 is 0. The molecule has 34 heavy (non-hydrogen) atoms. The molecule has 0 unspecified atom stereocenters. The van der Waals surface area contributed by atoms with Crippen LogP contribution in [-0.4, -0.2) is 32.2 Å². The molecule has 0 aliphatic rings. The van der Waals surface area contributed by atoms with E-state index in [0.717, 1.165) is 37.7 Å². The summed E-state index contributed by atoms with van der Waals surface area (Å²) in [7, 11) is 0. The van der Waals surface area contributed by atoms with Gasteiger partial charge in [0.15, 0.2) is 17.3 Å². The van der Waals surface area contributed by atoms with Crippen LogP contribution in [-0.2, 0) is 11.2 Å². The molecule has 0 saturated carbocycles. The molecule has 0 aliphatic carbocycles. The molecule has 0 heterocycles. The Bertz CT molecular complexity index is 932. The third-order valence-corrected chi connectivity index (χ3v) is 5.03. The lowest BCUT2D eigenvalue weighted by Gasteiger charge is -2.20. The monoisotopic (exact) mass is 468 g/mol. The molecular weight excluding hydrogens is 428 g/mol.